The molecule has 2 rings (SSSR count). The Labute approximate surface area is 214 Å². The Bertz CT molecular complexity index is 1200. The highest BCUT2D eigenvalue weighted by Crippen LogP contribution is 2.28. The van der Waals surface area contributed by atoms with E-state index in [1.807, 2.05) is 32.9 Å². The van der Waals surface area contributed by atoms with Crippen LogP contribution >= 0.6 is 0 Å². The van der Waals surface area contributed by atoms with Crippen molar-refractivity contribution >= 4 is 18.0 Å². The van der Waals surface area contributed by atoms with Crippen molar-refractivity contribution in [2.45, 2.75) is 65.3 Å². The summed E-state index contributed by atoms with van der Waals surface area (Å²) in [6.45, 7) is 9.05. The van der Waals surface area contributed by atoms with Crippen LogP contribution in [0.5, 0.6) is 5.75 Å². The number of aliphatic carboxylic acids is 1. The third-order valence-corrected chi connectivity index (χ3v) is 5.84. The van der Waals surface area contributed by atoms with Crippen LogP contribution in [0.15, 0.2) is 47.6 Å². The van der Waals surface area contributed by atoms with Gasteiger partial charge in [0.1, 0.15) is 24.1 Å². The number of carboxylic acids is 1. The van der Waals surface area contributed by atoms with E-state index in [-0.39, 0.29) is 0 Å². The van der Waals surface area contributed by atoms with Crippen LogP contribution in [-0.4, -0.2) is 70.1 Å². The van der Waals surface area contributed by atoms with Crippen LogP contribution in [0.1, 0.15) is 40.2 Å². The molecule has 1 aromatic rings. The molecule has 0 bridgehead atoms. The molecule has 1 saturated heterocycles. The quantitative estimate of drug-likeness (QED) is 0.238. The Kier molecular flexibility index (Phi) is 8.59. The normalized spacial score (nSPS) is 27.0. The highest BCUT2D eigenvalue weighted by molar-refractivity contribution is 5.83. The molecule has 1 heterocycles. The van der Waals surface area contributed by atoms with Crippen LogP contribution in [0.4, 0.5) is 0 Å². The molecule has 5 atom stereocenters. The average Bonchev–Trinajstić information content (AvgIpc) is 2.81. The number of carboxylic acid groups (broad SMARTS) is 1. The molecule has 0 spiro atoms. The molecule has 0 radical (unpaired) electrons. The Hall–Kier alpha value is -3.24. The summed E-state index contributed by atoms with van der Waals surface area (Å²) in [5, 5.41) is 38.5. The lowest BCUT2D eigenvalue weighted by Gasteiger charge is -2.37. The molecular weight excluding hydrogens is 468 g/mol. The van der Waals surface area contributed by atoms with Crippen LogP contribution in [-0.2, 0) is 19.1 Å². The summed E-state index contributed by atoms with van der Waals surface area (Å²) in [5.74, 6) is -2.21. The molecular formula is C27H34O9. The van der Waals surface area contributed by atoms with E-state index in [9.17, 15) is 24.9 Å². The first-order valence-electron chi connectivity index (χ1n) is 12.7. The van der Waals surface area contributed by atoms with Gasteiger partial charge in [-0.15, -0.1) is 0 Å². The van der Waals surface area contributed by atoms with Crippen LogP contribution in [0.25, 0.3) is 6.08 Å². The third kappa shape index (κ3) is 7.14. The predicted molar refractivity (Wildman–Crippen MR) is 133 cm³/mol. The number of benzene rings is 1. The van der Waals surface area contributed by atoms with Crippen molar-refractivity contribution in [3.05, 3.63) is 69.8 Å². The number of hydrogen-bond donors (Lipinski definition) is 4. The second-order valence-electron chi connectivity index (χ2n) is 8.62. The summed E-state index contributed by atoms with van der Waals surface area (Å²) in [7, 11) is -2.53. The topological polar surface area (TPSA) is 143 Å². The first-order valence-corrected chi connectivity index (χ1v) is 11.2. The van der Waals surface area contributed by atoms with E-state index >= 15 is 0 Å². The number of methoxy groups -OCH3 is 1. The van der Waals surface area contributed by atoms with Gasteiger partial charge in [-0.05, 0) is 68.5 Å². The smallest absolute Gasteiger partial charge is 0.335 e. The number of ether oxygens (including phenoxy) is 3. The van der Waals surface area contributed by atoms with Crippen molar-refractivity contribution in [1.29, 1.82) is 0 Å². The first-order chi connectivity index (χ1) is 18.0. The van der Waals surface area contributed by atoms with Gasteiger partial charge >= 0.3 is 11.9 Å². The van der Waals surface area contributed by atoms with Crippen molar-refractivity contribution in [2.24, 2.45) is 0 Å². The number of esters is 1. The zero-order chi connectivity index (χ0) is 29.7. The van der Waals surface area contributed by atoms with Gasteiger partial charge in [-0.3, -0.25) is 0 Å². The summed E-state index contributed by atoms with van der Waals surface area (Å²) in [6.07, 6.45) is 0.778. The maximum absolute atomic E-state index is 12.2. The van der Waals surface area contributed by atoms with Gasteiger partial charge in [-0.25, -0.2) is 9.59 Å². The molecule has 0 aliphatic carbocycles. The molecule has 1 fully saturated rings. The molecule has 1 aromatic carbocycles. The van der Waals surface area contributed by atoms with Gasteiger partial charge in [0.05, 0.1) is 11.2 Å². The molecule has 9 nitrogen and oxygen atoms in total. The SMILES string of the molecule is [2H]C([2H])([2H])Oc1cc(C)c(/C=C/C(C)=C/C=C/C(C)=C/C(=O)O[C@@H]2O[C@H](C(=O)O)[C@@H](O)[C@H](O)[C@H]2O)c(C)c1C. The highest BCUT2D eigenvalue weighted by Gasteiger charge is 2.48. The highest BCUT2D eigenvalue weighted by atomic mass is 16.7. The van der Waals surface area contributed by atoms with Crippen LogP contribution in [0, 0.1) is 20.8 Å². The zero-order valence-corrected chi connectivity index (χ0v) is 20.8. The van der Waals surface area contributed by atoms with Gasteiger partial charge in [0, 0.05) is 6.08 Å². The third-order valence-electron chi connectivity index (χ3n) is 5.84. The minimum absolute atomic E-state index is 0.318. The number of carbonyl (C=O) groups excluding carboxylic acids is 1. The second kappa shape index (κ2) is 12.6. The van der Waals surface area contributed by atoms with Crippen LogP contribution in [0.3, 0.4) is 0 Å². The lowest BCUT2D eigenvalue weighted by molar-refractivity contribution is -0.284. The number of allylic oxidation sites excluding steroid dienone is 6. The second-order valence-corrected chi connectivity index (χ2v) is 8.62. The molecule has 196 valence electrons. The van der Waals surface area contributed by atoms with Crippen molar-refractivity contribution in [3.63, 3.8) is 0 Å². The van der Waals surface area contributed by atoms with Gasteiger partial charge in [0.2, 0.25) is 6.29 Å². The number of aliphatic hydroxyl groups excluding tert-OH is 3. The number of aliphatic hydroxyl groups is 3. The zero-order valence-electron chi connectivity index (χ0n) is 23.8. The van der Waals surface area contributed by atoms with Gasteiger partial charge in [0.15, 0.2) is 6.10 Å². The van der Waals surface area contributed by atoms with Crippen molar-refractivity contribution in [3.8, 4) is 5.75 Å². The molecule has 0 unspecified atom stereocenters. The maximum atomic E-state index is 12.2. The fraction of sp³-hybridized carbons (Fsp3) is 0.407. The van der Waals surface area contributed by atoms with E-state index in [0.29, 0.717) is 11.3 Å². The summed E-state index contributed by atoms with van der Waals surface area (Å²) in [6, 6.07) is 1.70. The summed E-state index contributed by atoms with van der Waals surface area (Å²) in [5.41, 5.74) is 4.79. The number of rotatable bonds is 8. The minimum atomic E-state index is -2.53. The fourth-order valence-corrected chi connectivity index (χ4v) is 3.58. The monoisotopic (exact) mass is 505 g/mol. The van der Waals surface area contributed by atoms with E-state index in [1.54, 1.807) is 38.1 Å². The van der Waals surface area contributed by atoms with Gasteiger partial charge in [-0.1, -0.05) is 36.0 Å². The molecule has 0 aromatic heterocycles. The van der Waals surface area contributed by atoms with E-state index in [2.05, 4.69) is 0 Å². The summed E-state index contributed by atoms with van der Waals surface area (Å²) >= 11 is 0. The Morgan fingerprint density at radius 3 is 2.36 bits per heavy atom. The molecule has 1 aliphatic heterocycles. The minimum Gasteiger partial charge on any atom is -0.496 e. The Morgan fingerprint density at radius 2 is 1.72 bits per heavy atom. The van der Waals surface area contributed by atoms with Crippen LogP contribution in [0.2, 0.25) is 0 Å². The summed E-state index contributed by atoms with van der Waals surface area (Å²) in [4.78, 5) is 23.4. The molecule has 36 heavy (non-hydrogen) atoms. The van der Waals surface area contributed by atoms with Crippen molar-refractivity contribution in [1.82, 2.24) is 0 Å². The predicted octanol–water partition coefficient (Wildman–Crippen LogP) is 2.52. The van der Waals surface area contributed by atoms with E-state index < -0.39 is 49.7 Å². The molecule has 0 amide bonds. The molecule has 0 saturated carbocycles. The van der Waals surface area contributed by atoms with E-state index in [4.69, 9.17) is 23.4 Å². The maximum Gasteiger partial charge on any atom is 0.335 e. The number of aryl methyl sites for hydroxylation is 1. The Balaban J connectivity index is 2.05. The van der Waals surface area contributed by atoms with Gasteiger partial charge in [0.25, 0.3) is 0 Å². The fourth-order valence-electron chi connectivity index (χ4n) is 3.58. The van der Waals surface area contributed by atoms with Crippen LogP contribution < -0.4 is 4.74 Å². The number of hydrogen-bond acceptors (Lipinski definition) is 8. The average molecular weight is 506 g/mol. The van der Waals surface area contributed by atoms with Crippen molar-refractivity contribution in [2.75, 3.05) is 7.04 Å². The lowest BCUT2D eigenvalue weighted by Crippen LogP contribution is -2.60. The molecule has 9 heteroatoms. The lowest BCUT2D eigenvalue weighted by atomic mass is 9.96. The molecule has 1 aliphatic rings. The van der Waals surface area contributed by atoms with E-state index in [1.165, 1.54) is 0 Å². The van der Waals surface area contributed by atoms with Gasteiger partial charge in [-0.2, -0.15) is 0 Å². The number of carbonyl (C=O) groups is 2. The van der Waals surface area contributed by atoms with E-state index in [0.717, 1.165) is 33.9 Å². The standard InChI is InChI=1S/C27H34O9/c1-14(10-11-19-16(3)13-20(34-6)18(5)17(19)4)8-7-9-15(2)12-21(28)35-27-24(31)22(29)23(30)25(36-27)26(32)33/h7-13,22-25,27,29-31H,1-6H3,(H,32,33)/b9-7+,11-10+,14-8+,15-12+/t22-,23-,24+,25-,27+/m0/s1/i6D3. The van der Waals surface area contributed by atoms with Gasteiger partial charge < -0.3 is 34.6 Å². The van der Waals surface area contributed by atoms with Crippen molar-refractivity contribution < 1.29 is 48.3 Å². The summed E-state index contributed by atoms with van der Waals surface area (Å²) < 4.78 is 37.0. The first kappa shape index (κ1) is 24.5. The molecule has 4 N–H and O–H groups in total. The Morgan fingerprint density at radius 1 is 1.03 bits per heavy atom. The largest absolute Gasteiger partial charge is 0.496 e.